The molecule has 2 rings (SSSR count). The maximum atomic E-state index is 12.3. The SMILES string of the molecule is CCOC(CCCNc1ncc2c(=O)c(C(=O)O)cn(CC)c2n1)OCC. The topological polar surface area (TPSA) is 116 Å². The fourth-order valence-electron chi connectivity index (χ4n) is 2.71. The summed E-state index contributed by atoms with van der Waals surface area (Å²) in [7, 11) is 0. The molecule has 0 saturated heterocycles. The van der Waals surface area contributed by atoms with E-state index >= 15 is 0 Å². The molecule has 9 heteroatoms. The Morgan fingerprint density at radius 3 is 2.59 bits per heavy atom. The van der Waals surface area contributed by atoms with Gasteiger partial charge in [-0.3, -0.25) is 4.79 Å². The highest BCUT2D eigenvalue weighted by molar-refractivity contribution is 5.91. The lowest BCUT2D eigenvalue weighted by molar-refractivity contribution is -0.139. The highest BCUT2D eigenvalue weighted by atomic mass is 16.7. The molecule has 0 unspecified atom stereocenters. The van der Waals surface area contributed by atoms with E-state index in [1.807, 2.05) is 20.8 Å². The lowest BCUT2D eigenvalue weighted by atomic mass is 10.2. The zero-order chi connectivity index (χ0) is 19.8. The third-order valence-electron chi connectivity index (χ3n) is 3.99. The van der Waals surface area contributed by atoms with E-state index in [9.17, 15) is 14.7 Å². The molecule has 27 heavy (non-hydrogen) atoms. The first kappa shape index (κ1) is 20.8. The number of nitrogens with one attached hydrogen (secondary N) is 1. The summed E-state index contributed by atoms with van der Waals surface area (Å²) >= 11 is 0. The number of aryl methyl sites for hydroxylation is 1. The average Bonchev–Trinajstić information content (AvgIpc) is 2.65. The van der Waals surface area contributed by atoms with Crippen LogP contribution in [0.25, 0.3) is 11.0 Å². The van der Waals surface area contributed by atoms with Crippen molar-refractivity contribution in [2.75, 3.05) is 25.1 Å². The molecule has 0 saturated carbocycles. The van der Waals surface area contributed by atoms with Crippen LogP contribution in [-0.2, 0) is 16.0 Å². The van der Waals surface area contributed by atoms with Gasteiger partial charge in [0.1, 0.15) is 11.2 Å². The molecule has 2 aromatic heterocycles. The fraction of sp³-hybridized carbons (Fsp3) is 0.556. The first-order valence-electron chi connectivity index (χ1n) is 9.12. The van der Waals surface area contributed by atoms with Crippen molar-refractivity contribution in [2.45, 2.75) is 46.4 Å². The molecular weight excluding hydrogens is 352 g/mol. The second-order valence-corrected chi connectivity index (χ2v) is 5.80. The average molecular weight is 378 g/mol. The summed E-state index contributed by atoms with van der Waals surface area (Å²) in [5.74, 6) is -0.874. The van der Waals surface area contributed by atoms with Crippen molar-refractivity contribution in [2.24, 2.45) is 0 Å². The number of hydrogen-bond donors (Lipinski definition) is 2. The summed E-state index contributed by atoms with van der Waals surface area (Å²) in [6.45, 7) is 8.00. The molecule has 0 amide bonds. The molecule has 0 spiro atoms. The van der Waals surface area contributed by atoms with Crippen molar-refractivity contribution < 1.29 is 19.4 Å². The molecule has 2 N–H and O–H groups in total. The van der Waals surface area contributed by atoms with Gasteiger partial charge in [-0.15, -0.1) is 0 Å². The van der Waals surface area contributed by atoms with Crippen LogP contribution < -0.4 is 10.7 Å². The number of hydrogen-bond acceptors (Lipinski definition) is 7. The molecule has 2 heterocycles. The van der Waals surface area contributed by atoms with Gasteiger partial charge in [-0.1, -0.05) is 0 Å². The van der Waals surface area contributed by atoms with Crippen molar-refractivity contribution >= 4 is 23.0 Å². The number of rotatable bonds is 11. The van der Waals surface area contributed by atoms with Crippen molar-refractivity contribution in [3.8, 4) is 0 Å². The van der Waals surface area contributed by atoms with E-state index in [-0.39, 0.29) is 17.2 Å². The molecule has 2 aromatic rings. The molecule has 0 radical (unpaired) electrons. The Morgan fingerprint density at radius 1 is 1.30 bits per heavy atom. The normalized spacial score (nSPS) is 11.3. The molecule has 0 fully saturated rings. The summed E-state index contributed by atoms with van der Waals surface area (Å²) in [5.41, 5.74) is -0.455. The Hall–Kier alpha value is -2.52. The first-order chi connectivity index (χ1) is 13.0. The smallest absolute Gasteiger partial charge is 0.341 e. The van der Waals surface area contributed by atoms with E-state index in [0.717, 1.165) is 12.8 Å². The van der Waals surface area contributed by atoms with Gasteiger partial charge in [-0.2, -0.15) is 4.98 Å². The summed E-state index contributed by atoms with van der Waals surface area (Å²) in [5, 5.41) is 12.5. The number of pyridine rings is 1. The highest BCUT2D eigenvalue weighted by Crippen LogP contribution is 2.12. The summed E-state index contributed by atoms with van der Waals surface area (Å²) in [4.78, 5) is 32.0. The van der Waals surface area contributed by atoms with Crippen molar-refractivity contribution in [1.29, 1.82) is 0 Å². The zero-order valence-electron chi connectivity index (χ0n) is 15.9. The molecule has 9 nitrogen and oxygen atoms in total. The molecular formula is C18H26N4O5. The predicted octanol–water partition coefficient (Wildman–Crippen LogP) is 2.10. The number of aromatic nitrogens is 3. The van der Waals surface area contributed by atoms with E-state index in [1.165, 1.54) is 12.4 Å². The summed E-state index contributed by atoms with van der Waals surface area (Å²) < 4.78 is 12.6. The van der Waals surface area contributed by atoms with Crippen LogP contribution in [0.5, 0.6) is 0 Å². The number of nitrogens with zero attached hydrogens (tertiary/aromatic N) is 3. The van der Waals surface area contributed by atoms with E-state index in [2.05, 4.69) is 15.3 Å². The summed E-state index contributed by atoms with van der Waals surface area (Å²) in [6, 6.07) is 0. The largest absolute Gasteiger partial charge is 0.477 e. The number of anilines is 1. The van der Waals surface area contributed by atoms with Crippen molar-refractivity contribution in [3.05, 3.63) is 28.2 Å². The fourth-order valence-corrected chi connectivity index (χ4v) is 2.71. The van der Waals surface area contributed by atoms with Crippen molar-refractivity contribution in [1.82, 2.24) is 14.5 Å². The maximum Gasteiger partial charge on any atom is 0.341 e. The number of ether oxygens (including phenoxy) is 2. The van der Waals surface area contributed by atoms with E-state index in [0.29, 0.717) is 37.9 Å². The van der Waals surface area contributed by atoms with Gasteiger partial charge in [0.15, 0.2) is 6.29 Å². The standard InChI is InChI=1S/C18H26N4O5/c1-4-22-11-13(17(24)25)15(23)12-10-20-18(21-16(12)22)19-9-7-8-14(26-5-2)27-6-3/h10-11,14H,4-9H2,1-3H3,(H,24,25)(H,19,20,21). The number of fused-ring (bicyclic) bond motifs is 1. The molecule has 148 valence electrons. The minimum atomic E-state index is -1.26. The van der Waals surface area contributed by atoms with Crippen LogP contribution in [-0.4, -0.2) is 51.7 Å². The number of carbonyl (C=O) groups is 1. The van der Waals surface area contributed by atoms with E-state index in [4.69, 9.17) is 9.47 Å². The van der Waals surface area contributed by atoms with Crippen molar-refractivity contribution in [3.63, 3.8) is 0 Å². The van der Waals surface area contributed by atoms with Crippen LogP contribution in [0.4, 0.5) is 5.95 Å². The van der Waals surface area contributed by atoms with Gasteiger partial charge < -0.3 is 24.5 Å². The van der Waals surface area contributed by atoms with E-state index in [1.54, 1.807) is 4.57 Å². The van der Waals surface area contributed by atoms with Crippen LogP contribution in [0.1, 0.15) is 44.0 Å². The number of carboxylic acid groups (broad SMARTS) is 1. The van der Waals surface area contributed by atoms with Crippen LogP contribution in [0, 0.1) is 0 Å². The Bertz CT molecular complexity index is 830. The Morgan fingerprint density at radius 2 is 2.00 bits per heavy atom. The van der Waals surface area contributed by atoms with E-state index < -0.39 is 11.4 Å². The van der Waals surface area contributed by atoms with Gasteiger partial charge in [-0.25, -0.2) is 9.78 Å². The molecule has 0 aliphatic heterocycles. The zero-order valence-corrected chi connectivity index (χ0v) is 15.9. The lowest BCUT2D eigenvalue weighted by Gasteiger charge is -2.16. The maximum absolute atomic E-state index is 12.3. The molecule has 0 atom stereocenters. The Kier molecular flexibility index (Phi) is 7.68. The van der Waals surface area contributed by atoms with Crippen LogP contribution in [0.15, 0.2) is 17.2 Å². The second kappa shape index (κ2) is 9.98. The third-order valence-corrected chi connectivity index (χ3v) is 3.99. The molecule has 0 aromatic carbocycles. The molecule has 0 aliphatic rings. The predicted molar refractivity (Wildman–Crippen MR) is 101 cm³/mol. The van der Waals surface area contributed by atoms with Gasteiger partial charge in [0.25, 0.3) is 0 Å². The minimum Gasteiger partial charge on any atom is -0.477 e. The van der Waals surface area contributed by atoms with Gasteiger partial charge in [0, 0.05) is 45.1 Å². The summed E-state index contributed by atoms with van der Waals surface area (Å²) in [6.07, 6.45) is 4.00. The second-order valence-electron chi connectivity index (χ2n) is 5.80. The number of carboxylic acids is 1. The van der Waals surface area contributed by atoms with Crippen LogP contribution >= 0.6 is 0 Å². The monoisotopic (exact) mass is 378 g/mol. The van der Waals surface area contributed by atoms with Gasteiger partial charge in [-0.05, 0) is 27.2 Å². The van der Waals surface area contributed by atoms with Crippen LogP contribution in [0.2, 0.25) is 0 Å². The van der Waals surface area contributed by atoms with Crippen LogP contribution in [0.3, 0.4) is 0 Å². The quantitative estimate of drug-likeness (QED) is 0.451. The number of aromatic carboxylic acids is 1. The molecule has 0 bridgehead atoms. The third kappa shape index (κ3) is 5.24. The lowest BCUT2D eigenvalue weighted by Crippen LogP contribution is -2.20. The first-order valence-corrected chi connectivity index (χ1v) is 9.12. The minimum absolute atomic E-state index is 0.190. The van der Waals surface area contributed by atoms with Gasteiger partial charge in [0.05, 0.1) is 5.39 Å². The molecule has 0 aliphatic carbocycles. The highest BCUT2D eigenvalue weighted by Gasteiger charge is 2.16. The van der Waals surface area contributed by atoms with Gasteiger partial charge >= 0.3 is 5.97 Å². The van der Waals surface area contributed by atoms with Gasteiger partial charge in [0.2, 0.25) is 11.4 Å². The Labute approximate surface area is 157 Å². The Balaban J connectivity index is 2.11.